The van der Waals surface area contributed by atoms with E-state index in [2.05, 4.69) is 10.6 Å². The summed E-state index contributed by atoms with van der Waals surface area (Å²) in [5, 5.41) is 14.9. The van der Waals surface area contributed by atoms with E-state index in [1.165, 1.54) is 6.92 Å². The van der Waals surface area contributed by atoms with Crippen LogP contribution in [0, 0.1) is 5.92 Å². The Labute approximate surface area is 125 Å². The van der Waals surface area contributed by atoms with E-state index in [1.54, 1.807) is 0 Å². The molecular weight excluding hydrogens is 268 g/mol. The Morgan fingerprint density at radius 2 is 1.76 bits per heavy atom. The highest BCUT2D eigenvalue weighted by Crippen LogP contribution is 2.06. The van der Waals surface area contributed by atoms with Crippen LogP contribution in [0.15, 0.2) is 30.3 Å². The molecule has 0 bridgehead atoms. The summed E-state index contributed by atoms with van der Waals surface area (Å²) in [5.74, 6) is -0.535. The molecule has 0 heterocycles. The minimum absolute atomic E-state index is 0.0232. The zero-order valence-electron chi connectivity index (χ0n) is 12.8. The number of aliphatic hydroxyl groups excluding tert-OH is 1. The fraction of sp³-hybridized carbons (Fsp3) is 0.500. The van der Waals surface area contributed by atoms with Gasteiger partial charge in [0, 0.05) is 6.92 Å². The van der Waals surface area contributed by atoms with Crippen molar-refractivity contribution >= 4 is 11.8 Å². The number of carbonyl (C=O) groups is 2. The zero-order chi connectivity index (χ0) is 15.8. The van der Waals surface area contributed by atoms with Crippen molar-refractivity contribution in [3.05, 3.63) is 35.9 Å². The van der Waals surface area contributed by atoms with Crippen LogP contribution in [0.5, 0.6) is 0 Å². The summed E-state index contributed by atoms with van der Waals surface area (Å²) in [6.45, 7) is 4.97. The molecule has 0 fully saturated rings. The van der Waals surface area contributed by atoms with Gasteiger partial charge in [0.1, 0.15) is 6.04 Å². The van der Waals surface area contributed by atoms with E-state index in [0.29, 0.717) is 6.42 Å². The van der Waals surface area contributed by atoms with E-state index in [1.807, 2.05) is 44.2 Å². The predicted octanol–water partition coefficient (Wildman–Crippen LogP) is 0.867. The maximum absolute atomic E-state index is 12.2. The average molecular weight is 292 g/mol. The van der Waals surface area contributed by atoms with Gasteiger partial charge >= 0.3 is 0 Å². The van der Waals surface area contributed by atoms with E-state index in [4.69, 9.17) is 0 Å². The van der Waals surface area contributed by atoms with Gasteiger partial charge in [-0.3, -0.25) is 9.59 Å². The van der Waals surface area contributed by atoms with Gasteiger partial charge in [-0.1, -0.05) is 44.2 Å². The first-order valence-electron chi connectivity index (χ1n) is 7.16. The normalized spacial score (nSPS) is 13.6. The lowest BCUT2D eigenvalue weighted by Crippen LogP contribution is -2.52. The predicted molar refractivity (Wildman–Crippen MR) is 81.6 cm³/mol. The van der Waals surface area contributed by atoms with Crippen molar-refractivity contribution in [2.24, 2.45) is 5.92 Å². The molecule has 2 atom stereocenters. The molecule has 0 aliphatic carbocycles. The Bertz CT molecular complexity index is 460. The summed E-state index contributed by atoms with van der Waals surface area (Å²) in [4.78, 5) is 23.4. The topological polar surface area (TPSA) is 78.4 Å². The summed E-state index contributed by atoms with van der Waals surface area (Å²) in [6.07, 6.45) is 0.550. The smallest absolute Gasteiger partial charge is 0.243 e. The quantitative estimate of drug-likeness (QED) is 0.697. The van der Waals surface area contributed by atoms with Crippen LogP contribution in [-0.2, 0) is 16.0 Å². The number of hydrogen-bond acceptors (Lipinski definition) is 3. The number of carbonyl (C=O) groups excluding carboxylic acids is 2. The van der Waals surface area contributed by atoms with Gasteiger partial charge in [0.15, 0.2) is 0 Å². The highest BCUT2D eigenvalue weighted by Gasteiger charge is 2.24. The molecule has 1 aromatic rings. The molecule has 1 rings (SSSR count). The number of amides is 2. The second kappa shape index (κ2) is 8.42. The Morgan fingerprint density at radius 1 is 1.14 bits per heavy atom. The molecule has 2 amide bonds. The van der Waals surface area contributed by atoms with Crippen LogP contribution in [0.25, 0.3) is 0 Å². The second-order valence-corrected chi connectivity index (χ2v) is 5.50. The molecule has 1 aromatic carbocycles. The van der Waals surface area contributed by atoms with Gasteiger partial charge in [0.05, 0.1) is 12.6 Å². The molecule has 0 saturated heterocycles. The molecule has 0 aliphatic rings. The minimum atomic E-state index is -0.590. The van der Waals surface area contributed by atoms with Crippen molar-refractivity contribution in [2.75, 3.05) is 6.61 Å². The van der Waals surface area contributed by atoms with Crippen molar-refractivity contribution in [1.82, 2.24) is 10.6 Å². The first-order valence-corrected chi connectivity index (χ1v) is 7.16. The largest absolute Gasteiger partial charge is 0.394 e. The number of nitrogens with one attached hydrogen (secondary N) is 2. The molecule has 0 aliphatic heterocycles. The molecule has 1 unspecified atom stereocenters. The van der Waals surface area contributed by atoms with Crippen molar-refractivity contribution in [3.8, 4) is 0 Å². The maximum atomic E-state index is 12.2. The number of hydrogen-bond donors (Lipinski definition) is 3. The van der Waals surface area contributed by atoms with Crippen LogP contribution in [-0.4, -0.2) is 35.6 Å². The Hall–Kier alpha value is -1.88. The van der Waals surface area contributed by atoms with E-state index in [-0.39, 0.29) is 30.4 Å². The summed E-state index contributed by atoms with van der Waals surface area (Å²) in [6, 6.07) is 8.69. The van der Waals surface area contributed by atoms with Gasteiger partial charge in [0.2, 0.25) is 11.8 Å². The maximum Gasteiger partial charge on any atom is 0.243 e. The molecule has 0 aromatic heterocycles. The van der Waals surface area contributed by atoms with E-state index in [0.717, 1.165) is 5.56 Å². The van der Waals surface area contributed by atoms with E-state index in [9.17, 15) is 14.7 Å². The molecular formula is C16H24N2O3. The lowest BCUT2D eigenvalue weighted by molar-refractivity contribution is -0.129. The van der Waals surface area contributed by atoms with Crippen molar-refractivity contribution in [1.29, 1.82) is 0 Å². The third kappa shape index (κ3) is 5.95. The van der Waals surface area contributed by atoms with Gasteiger partial charge < -0.3 is 15.7 Å². The number of rotatable bonds is 7. The van der Waals surface area contributed by atoms with Crippen LogP contribution in [0.3, 0.4) is 0 Å². The minimum Gasteiger partial charge on any atom is -0.394 e. The molecule has 21 heavy (non-hydrogen) atoms. The van der Waals surface area contributed by atoms with Crippen LogP contribution >= 0.6 is 0 Å². The average Bonchev–Trinajstić information content (AvgIpc) is 2.44. The summed E-state index contributed by atoms with van der Waals surface area (Å²) >= 11 is 0. The molecule has 0 radical (unpaired) electrons. The Balaban J connectivity index is 2.66. The van der Waals surface area contributed by atoms with Gasteiger partial charge in [-0.05, 0) is 17.9 Å². The van der Waals surface area contributed by atoms with Gasteiger partial charge in [-0.2, -0.15) is 0 Å². The lowest BCUT2D eigenvalue weighted by Gasteiger charge is -2.24. The molecule has 116 valence electrons. The second-order valence-electron chi connectivity index (χ2n) is 5.50. The van der Waals surface area contributed by atoms with Crippen LogP contribution in [0.4, 0.5) is 0 Å². The SMILES string of the molecule is CC(=O)NC(C(=O)N[C@H](CO)Cc1ccccc1)C(C)C. The van der Waals surface area contributed by atoms with Crippen LogP contribution in [0.2, 0.25) is 0 Å². The Kier molecular flexibility index (Phi) is 6.88. The molecule has 3 N–H and O–H groups in total. The fourth-order valence-corrected chi connectivity index (χ4v) is 2.10. The first kappa shape index (κ1) is 17.2. The fourth-order valence-electron chi connectivity index (χ4n) is 2.10. The Morgan fingerprint density at radius 3 is 2.24 bits per heavy atom. The zero-order valence-corrected chi connectivity index (χ0v) is 12.8. The van der Waals surface area contributed by atoms with Gasteiger partial charge in [-0.25, -0.2) is 0 Å². The van der Waals surface area contributed by atoms with E-state index < -0.39 is 6.04 Å². The van der Waals surface area contributed by atoms with E-state index >= 15 is 0 Å². The summed E-state index contributed by atoms with van der Waals surface area (Å²) in [5.41, 5.74) is 1.04. The summed E-state index contributed by atoms with van der Waals surface area (Å²) in [7, 11) is 0. The standard InChI is InChI=1S/C16H24N2O3/c1-11(2)15(17-12(3)20)16(21)18-14(10-19)9-13-7-5-4-6-8-13/h4-8,11,14-15,19H,9-10H2,1-3H3,(H,17,20)(H,18,21)/t14-,15?/m0/s1. The van der Waals surface area contributed by atoms with Crippen LogP contribution < -0.4 is 10.6 Å². The van der Waals surface area contributed by atoms with Gasteiger partial charge in [0.25, 0.3) is 0 Å². The van der Waals surface area contributed by atoms with Crippen molar-refractivity contribution in [2.45, 2.75) is 39.3 Å². The van der Waals surface area contributed by atoms with Gasteiger partial charge in [-0.15, -0.1) is 0 Å². The van der Waals surface area contributed by atoms with Crippen molar-refractivity contribution < 1.29 is 14.7 Å². The van der Waals surface area contributed by atoms with Crippen molar-refractivity contribution in [3.63, 3.8) is 0 Å². The number of benzene rings is 1. The summed E-state index contributed by atoms with van der Waals surface area (Å²) < 4.78 is 0. The number of aliphatic hydroxyl groups is 1. The molecule has 0 spiro atoms. The highest BCUT2D eigenvalue weighted by molar-refractivity contribution is 5.87. The molecule has 0 saturated carbocycles. The third-order valence-corrected chi connectivity index (χ3v) is 3.20. The highest BCUT2D eigenvalue weighted by atomic mass is 16.3. The molecule has 5 heteroatoms. The lowest BCUT2D eigenvalue weighted by atomic mass is 10.0. The molecule has 5 nitrogen and oxygen atoms in total. The first-order chi connectivity index (χ1) is 9.93. The monoisotopic (exact) mass is 292 g/mol. The third-order valence-electron chi connectivity index (χ3n) is 3.20. The van der Waals surface area contributed by atoms with Crippen LogP contribution in [0.1, 0.15) is 26.3 Å².